The summed E-state index contributed by atoms with van der Waals surface area (Å²) in [5, 5.41) is 8.57. The van der Waals surface area contributed by atoms with E-state index in [0.29, 0.717) is 5.92 Å². The molecule has 0 saturated heterocycles. The Bertz CT molecular complexity index is 419. The summed E-state index contributed by atoms with van der Waals surface area (Å²) >= 11 is 1.43. The fourth-order valence-corrected chi connectivity index (χ4v) is 2.48. The first-order valence-corrected chi connectivity index (χ1v) is 6.51. The molecule has 92 valence electrons. The number of carboxylic acids is 1. The second-order valence-corrected chi connectivity index (χ2v) is 4.95. The molecule has 1 aromatic rings. The summed E-state index contributed by atoms with van der Waals surface area (Å²) in [7, 11) is 0. The molecule has 1 aliphatic heterocycles. The molecule has 2 rings (SSSR count). The second-order valence-electron chi connectivity index (χ2n) is 3.92. The number of carbonyl (C=O) groups is 1. The van der Waals surface area contributed by atoms with Crippen LogP contribution in [0.3, 0.4) is 0 Å². The van der Waals surface area contributed by atoms with Crippen molar-refractivity contribution in [3.63, 3.8) is 0 Å². The minimum Gasteiger partial charge on any atom is -0.481 e. The summed E-state index contributed by atoms with van der Waals surface area (Å²) in [6, 6.07) is 5.86. The standard InChI is InChI=1S/C12H14O4S/c1-8(5-17-6-12(13)14)9-2-3-10-11(4-9)16-7-15-10/h2-4,8H,5-7H2,1H3,(H,13,14). The van der Waals surface area contributed by atoms with Crippen molar-refractivity contribution < 1.29 is 19.4 Å². The van der Waals surface area contributed by atoms with Crippen molar-refractivity contribution in [2.75, 3.05) is 18.3 Å². The molecule has 0 fully saturated rings. The highest BCUT2D eigenvalue weighted by Gasteiger charge is 2.15. The van der Waals surface area contributed by atoms with Crippen LogP contribution < -0.4 is 9.47 Å². The molecule has 0 amide bonds. The van der Waals surface area contributed by atoms with E-state index in [1.165, 1.54) is 11.8 Å². The molecule has 4 nitrogen and oxygen atoms in total. The average Bonchev–Trinajstić information content (AvgIpc) is 2.75. The lowest BCUT2D eigenvalue weighted by Gasteiger charge is -2.11. The van der Waals surface area contributed by atoms with Crippen LogP contribution in [0, 0.1) is 0 Å². The average molecular weight is 254 g/mol. The zero-order valence-corrected chi connectivity index (χ0v) is 10.3. The Morgan fingerprint density at radius 2 is 2.24 bits per heavy atom. The number of thioether (sulfide) groups is 1. The van der Waals surface area contributed by atoms with Gasteiger partial charge in [-0.15, -0.1) is 11.8 Å². The van der Waals surface area contributed by atoms with Crippen LogP contribution in [0.4, 0.5) is 0 Å². The van der Waals surface area contributed by atoms with Gasteiger partial charge in [-0.2, -0.15) is 0 Å². The molecule has 17 heavy (non-hydrogen) atoms. The van der Waals surface area contributed by atoms with Gasteiger partial charge in [0, 0.05) is 5.75 Å². The summed E-state index contributed by atoms with van der Waals surface area (Å²) in [5.41, 5.74) is 1.15. The van der Waals surface area contributed by atoms with Crippen molar-refractivity contribution in [3.8, 4) is 11.5 Å². The lowest BCUT2D eigenvalue weighted by atomic mass is 10.0. The van der Waals surface area contributed by atoms with E-state index in [4.69, 9.17) is 14.6 Å². The molecule has 1 aliphatic rings. The molecule has 0 aromatic heterocycles. The minimum absolute atomic E-state index is 0.148. The summed E-state index contributed by atoms with van der Waals surface area (Å²) < 4.78 is 10.5. The molecular formula is C12H14O4S. The lowest BCUT2D eigenvalue weighted by Crippen LogP contribution is -2.03. The Balaban J connectivity index is 1.95. The molecule has 1 N–H and O–H groups in total. The first kappa shape index (κ1) is 12.1. The smallest absolute Gasteiger partial charge is 0.313 e. The normalized spacial score (nSPS) is 14.6. The maximum Gasteiger partial charge on any atom is 0.313 e. The topological polar surface area (TPSA) is 55.8 Å². The molecule has 0 spiro atoms. The van der Waals surface area contributed by atoms with Crippen LogP contribution in [-0.4, -0.2) is 29.4 Å². The quantitative estimate of drug-likeness (QED) is 0.874. The van der Waals surface area contributed by atoms with Crippen molar-refractivity contribution in [1.29, 1.82) is 0 Å². The van der Waals surface area contributed by atoms with Crippen LogP contribution >= 0.6 is 11.8 Å². The fraction of sp³-hybridized carbons (Fsp3) is 0.417. The van der Waals surface area contributed by atoms with Crippen LogP contribution in [0.1, 0.15) is 18.4 Å². The summed E-state index contributed by atoms with van der Waals surface area (Å²) in [5.74, 6) is 2.01. The van der Waals surface area contributed by atoms with Crippen LogP contribution in [0.25, 0.3) is 0 Å². The number of fused-ring (bicyclic) bond motifs is 1. The molecule has 0 aliphatic carbocycles. The SMILES string of the molecule is CC(CSCC(=O)O)c1ccc2c(c1)OCO2. The Hall–Kier alpha value is -1.36. The zero-order valence-electron chi connectivity index (χ0n) is 9.51. The van der Waals surface area contributed by atoms with Gasteiger partial charge in [-0.25, -0.2) is 0 Å². The van der Waals surface area contributed by atoms with Gasteiger partial charge in [0.1, 0.15) is 0 Å². The molecule has 1 aromatic carbocycles. The third kappa shape index (κ3) is 3.06. The third-order valence-corrected chi connectivity index (χ3v) is 3.75. The highest BCUT2D eigenvalue weighted by Crippen LogP contribution is 2.35. The highest BCUT2D eigenvalue weighted by atomic mass is 32.2. The minimum atomic E-state index is -0.770. The molecule has 0 saturated carbocycles. The number of hydrogen-bond donors (Lipinski definition) is 1. The van der Waals surface area contributed by atoms with Crippen molar-refractivity contribution >= 4 is 17.7 Å². The van der Waals surface area contributed by atoms with Gasteiger partial charge in [-0.05, 0) is 23.6 Å². The van der Waals surface area contributed by atoms with Gasteiger partial charge in [-0.3, -0.25) is 4.79 Å². The Kier molecular flexibility index (Phi) is 3.78. The third-order valence-electron chi connectivity index (χ3n) is 2.56. The molecule has 5 heteroatoms. The molecule has 1 unspecified atom stereocenters. The number of hydrogen-bond acceptors (Lipinski definition) is 4. The van der Waals surface area contributed by atoms with Crippen LogP contribution in [0.5, 0.6) is 11.5 Å². The molecule has 1 heterocycles. The van der Waals surface area contributed by atoms with E-state index in [1.54, 1.807) is 0 Å². The highest BCUT2D eigenvalue weighted by molar-refractivity contribution is 7.99. The van der Waals surface area contributed by atoms with Crippen LogP contribution in [0.15, 0.2) is 18.2 Å². The molecule has 0 radical (unpaired) electrons. The van der Waals surface area contributed by atoms with Crippen molar-refractivity contribution in [1.82, 2.24) is 0 Å². The number of aliphatic carboxylic acids is 1. The maximum absolute atomic E-state index is 10.4. The second kappa shape index (κ2) is 5.31. The van der Waals surface area contributed by atoms with Gasteiger partial charge < -0.3 is 14.6 Å². The van der Waals surface area contributed by atoms with Gasteiger partial charge in [-0.1, -0.05) is 13.0 Å². The fourth-order valence-electron chi connectivity index (χ4n) is 1.64. The maximum atomic E-state index is 10.4. The van der Waals surface area contributed by atoms with Crippen molar-refractivity contribution in [2.45, 2.75) is 12.8 Å². The van der Waals surface area contributed by atoms with Crippen molar-refractivity contribution in [3.05, 3.63) is 23.8 Å². The lowest BCUT2D eigenvalue weighted by molar-refractivity contribution is -0.133. The van der Waals surface area contributed by atoms with Gasteiger partial charge in [0.15, 0.2) is 11.5 Å². The van der Waals surface area contributed by atoms with Crippen LogP contribution in [0.2, 0.25) is 0 Å². The number of benzene rings is 1. The van der Waals surface area contributed by atoms with Gasteiger partial charge >= 0.3 is 5.97 Å². The Morgan fingerprint density at radius 1 is 1.47 bits per heavy atom. The van der Waals surface area contributed by atoms with E-state index in [9.17, 15) is 4.79 Å². The predicted molar refractivity (Wildman–Crippen MR) is 65.9 cm³/mol. The largest absolute Gasteiger partial charge is 0.481 e. The van der Waals surface area contributed by atoms with Gasteiger partial charge in [0.05, 0.1) is 5.75 Å². The molecular weight excluding hydrogens is 240 g/mol. The predicted octanol–water partition coefficient (Wildman–Crippen LogP) is 2.34. The summed E-state index contributed by atoms with van der Waals surface area (Å²) in [6.45, 7) is 2.35. The monoisotopic (exact) mass is 254 g/mol. The number of carboxylic acid groups (broad SMARTS) is 1. The van der Waals surface area contributed by atoms with Gasteiger partial charge in [0.25, 0.3) is 0 Å². The molecule has 1 atom stereocenters. The Labute approximate surface area is 104 Å². The van der Waals surface area contributed by atoms with E-state index in [0.717, 1.165) is 22.8 Å². The summed E-state index contributed by atoms with van der Waals surface area (Å²) in [4.78, 5) is 10.4. The molecule has 0 bridgehead atoms. The zero-order chi connectivity index (χ0) is 12.3. The van der Waals surface area contributed by atoms with Crippen molar-refractivity contribution in [2.24, 2.45) is 0 Å². The number of ether oxygens (including phenoxy) is 2. The summed E-state index contributed by atoms with van der Waals surface area (Å²) in [6.07, 6.45) is 0. The van der Waals surface area contributed by atoms with E-state index in [1.807, 2.05) is 18.2 Å². The first-order chi connectivity index (χ1) is 8.16. The van der Waals surface area contributed by atoms with E-state index in [-0.39, 0.29) is 12.5 Å². The van der Waals surface area contributed by atoms with E-state index in [2.05, 4.69) is 6.92 Å². The Morgan fingerprint density at radius 3 is 3.00 bits per heavy atom. The van der Waals surface area contributed by atoms with E-state index < -0.39 is 5.97 Å². The van der Waals surface area contributed by atoms with Gasteiger partial charge in [0.2, 0.25) is 6.79 Å². The first-order valence-electron chi connectivity index (χ1n) is 5.36. The van der Waals surface area contributed by atoms with E-state index >= 15 is 0 Å². The number of rotatable bonds is 5. The van der Waals surface area contributed by atoms with Crippen LogP contribution in [-0.2, 0) is 4.79 Å².